The first-order chi connectivity index (χ1) is 12.2. The van der Waals surface area contributed by atoms with Crippen molar-refractivity contribution in [3.8, 4) is 0 Å². The van der Waals surface area contributed by atoms with Crippen LogP contribution in [0.3, 0.4) is 0 Å². The number of nitrogens with two attached hydrogens (primary N) is 1. The fraction of sp³-hybridized carbons (Fsp3) is 0.588. The third-order valence-electron chi connectivity index (χ3n) is 5.02. The summed E-state index contributed by atoms with van der Waals surface area (Å²) >= 11 is 1.46. The highest BCUT2D eigenvalue weighted by Gasteiger charge is 2.33. The Balaban J connectivity index is 1.84. The van der Waals surface area contributed by atoms with Gasteiger partial charge >= 0.3 is 0 Å². The lowest BCUT2D eigenvalue weighted by molar-refractivity contribution is -0.115. The summed E-state index contributed by atoms with van der Waals surface area (Å²) in [4.78, 5) is 25.6. The summed E-state index contributed by atoms with van der Waals surface area (Å²) in [6.45, 7) is 6.72. The van der Waals surface area contributed by atoms with Crippen molar-refractivity contribution in [2.45, 2.75) is 46.5 Å². The Bertz CT molecular complexity index is 848. The smallest absolute Gasteiger partial charge is 0.251 e. The first kappa shape index (κ1) is 18.5. The lowest BCUT2D eigenvalue weighted by Gasteiger charge is -2.33. The van der Waals surface area contributed by atoms with Crippen molar-refractivity contribution in [3.05, 3.63) is 21.8 Å². The second-order valence-corrected chi connectivity index (χ2v) is 8.93. The van der Waals surface area contributed by atoms with Crippen molar-refractivity contribution < 1.29 is 9.59 Å². The maximum absolute atomic E-state index is 12.4. The van der Waals surface area contributed by atoms with Gasteiger partial charge in [0.1, 0.15) is 5.00 Å². The molecular formula is C17H24N6O2S. The molecule has 1 aliphatic carbocycles. The van der Waals surface area contributed by atoms with E-state index in [1.165, 1.54) is 16.0 Å². The molecule has 2 heterocycles. The molecule has 0 fully saturated rings. The van der Waals surface area contributed by atoms with Crippen LogP contribution >= 0.6 is 11.3 Å². The van der Waals surface area contributed by atoms with Crippen LogP contribution in [-0.4, -0.2) is 32.0 Å². The van der Waals surface area contributed by atoms with Crippen LogP contribution in [0.15, 0.2) is 0 Å². The number of amides is 2. The molecule has 0 aliphatic heterocycles. The number of thiophene rings is 1. The van der Waals surface area contributed by atoms with Crippen molar-refractivity contribution in [1.29, 1.82) is 0 Å². The Morgan fingerprint density at radius 2 is 2.12 bits per heavy atom. The van der Waals surface area contributed by atoms with E-state index >= 15 is 0 Å². The van der Waals surface area contributed by atoms with Gasteiger partial charge in [0, 0.05) is 11.9 Å². The van der Waals surface area contributed by atoms with Crippen LogP contribution in [0.25, 0.3) is 0 Å². The molecule has 1 atom stereocenters. The van der Waals surface area contributed by atoms with Gasteiger partial charge in [0.15, 0.2) is 5.82 Å². The number of rotatable bonds is 4. The summed E-state index contributed by atoms with van der Waals surface area (Å²) in [5.74, 6) is 0.239. The van der Waals surface area contributed by atoms with E-state index in [0.29, 0.717) is 22.3 Å². The molecule has 0 saturated carbocycles. The molecule has 3 N–H and O–H groups in total. The van der Waals surface area contributed by atoms with E-state index in [4.69, 9.17) is 5.73 Å². The second-order valence-electron chi connectivity index (χ2n) is 7.82. The molecule has 8 nitrogen and oxygen atoms in total. The minimum atomic E-state index is -0.493. The van der Waals surface area contributed by atoms with Crippen molar-refractivity contribution in [3.63, 3.8) is 0 Å². The van der Waals surface area contributed by atoms with Gasteiger partial charge in [-0.3, -0.25) is 9.59 Å². The third-order valence-corrected chi connectivity index (χ3v) is 6.19. The summed E-state index contributed by atoms with van der Waals surface area (Å²) < 4.78 is 1.45. The van der Waals surface area contributed by atoms with E-state index in [0.717, 1.165) is 29.7 Å². The Morgan fingerprint density at radius 3 is 2.69 bits per heavy atom. The molecule has 1 unspecified atom stereocenters. The zero-order valence-corrected chi connectivity index (χ0v) is 16.3. The number of primary amides is 1. The summed E-state index contributed by atoms with van der Waals surface area (Å²) in [6, 6.07) is 0. The topological polar surface area (TPSA) is 116 Å². The van der Waals surface area contributed by atoms with E-state index < -0.39 is 5.91 Å². The predicted octanol–water partition coefficient (Wildman–Crippen LogP) is 1.70. The molecule has 26 heavy (non-hydrogen) atoms. The number of aryl methyl sites for hydroxylation is 1. The first-order valence-corrected chi connectivity index (χ1v) is 9.44. The maximum atomic E-state index is 12.4. The summed E-state index contributed by atoms with van der Waals surface area (Å²) in [7, 11) is 1.67. The number of nitrogens with one attached hydrogen (secondary N) is 1. The van der Waals surface area contributed by atoms with Crippen molar-refractivity contribution >= 4 is 28.2 Å². The van der Waals surface area contributed by atoms with Gasteiger partial charge in [-0.25, -0.2) is 4.68 Å². The van der Waals surface area contributed by atoms with Crippen LogP contribution in [0.2, 0.25) is 0 Å². The van der Waals surface area contributed by atoms with E-state index in [9.17, 15) is 9.59 Å². The van der Waals surface area contributed by atoms with E-state index in [-0.39, 0.29) is 17.7 Å². The van der Waals surface area contributed by atoms with Crippen LogP contribution in [0.1, 0.15) is 53.8 Å². The summed E-state index contributed by atoms with van der Waals surface area (Å²) in [5.41, 5.74) is 7.28. The molecule has 0 aromatic carbocycles. The molecule has 0 bridgehead atoms. The first-order valence-electron chi connectivity index (χ1n) is 8.62. The van der Waals surface area contributed by atoms with Gasteiger partial charge < -0.3 is 11.1 Å². The van der Waals surface area contributed by atoms with Gasteiger partial charge in [-0.2, -0.15) is 0 Å². The highest BCUT2D eigenvalue weighted by atomic mass is 32.1. The quantitative estimate of drug-likeness (QED) is 0.842. The third kappa shape index (κ3) is 3.62. The number of fused-ring (bicyclic) bond motifs is 1. The molecule has 2 aromatic heterocycles. The minimum Gasteiger partial charge on any atom is -0.365 e. The van der Waals surface area contributed by atoms with Crippen molar-refractivity contribution in [2.24, 2.45) is 24.1 Å². The summed E-state index contributed by atoms with van der Waals surface area (Å²) in [6.07, 6.45) is 2.78. The van der Waals surface area contributed by atoms with Crippen molar-refractivity contribution in [1.82, 2.24) is 20.2 Å². The van der Waals surface area contributed by atoms with Gasteiger partial charge in [-0.15, -0.1) is 16.4 Å². The number of anilines is 1. The SMILES string of the molecule is Cn1nnnc1CC(=O)Nc1sc2c(c1C(N)=O)CCC(C(C)(C)C)C2. The van der Waals surface area contributed by atoms with Gasteiger partial charge in [0.2, 0.25) is 5.91 Å². The predicted molar refractivity (Wildman–Crippen MR) is 98.9 cm³/mol. The molecule has 2 amide bonds. The second kappa shape index (κ2) is 6.79. The van der Waals surface area contributed by atoms with Crippen LogP contribution in [0, 0.1) is 11.3 Å². The molecule has 1 aliphatic rings. The average molecular weight is 376 g/mol. The van der Waals surface area contributed by atoms with Gasteiger partial charge in [0.05, 0.1) is 12.0 Å². The van der Waals surface area contributed by atoms with Gasteiger partial charge in [-0.05, 0) is 46.6 Å². The van der Waals surface area contributed by atoms with Gasteiger partial charge in [-0.1, -0.05) is 20.8 Å². The number of tetrazole rings is 1. The molecule has 0 saturated heterocycles. The number of aromatic nitrogens is 4. The number of carbonyl (C=O) groups excluding carboxylic acids is 2. The molecule has 2 aromatic rings. The normalized spacial score (nSPS) is 17.0. The molecule has 0 radical (unpaired) electrons. The summed E-state index contributed by atoms with van der Waals surface area (Å²) in [5, 5.41) is 14.4. The van der Waals surface area contributed by atoms with E-state index in [2.05, 4.69) is 41.6 Å². The Hall–Kier alpha value is -2.29. The van der Waals surface area contributed by atoms with Crippen molar-refractivity contribution in [2.75, 3.05) is 5.32 Å². The highest BCUT2D eigenvalue weighted by Crippen LogP contribution is 2.44. The molecular weight excluding hydrogens is 352 g/mol. The molecule has 3 rings (SSSR count). The zero-order valence-electron chi connectivity index (χ0n) is 15.5. The van der Waals surface area contributed by atoms with Crippen LogP contribution < -0.4 is 11.1 Å². The lowest BCUT2D eigenvalue weighted by atomic mass is 9.72. The zero-order chi connectivity index (χ0) is 19.1. The standard InChI is InChI=1S/C17H24N6O2S/c1-17(2,3)9-5-6-10-11(7-9)26-16(14(10)15(18)25)19-13(24)8-12-20-21-22-23(12)4/h9H,5-8H2,1-4H3,(H2,18,25)(H,19,24). The number of hydrogen-bond donors (Lipinski definition) is 2. The monoisotopic (exact) mass is 376 g/mol. The van der Waals surface area contributed by atoms with Crippen LogP contribution in [0.4, 0.5) is 5.00 Å². The van der Waals surface area contributed by atoms with Crippen LogP contribution in [0.5, 0.6) is 0 Å². The largest absolute Gasteiger partial charge is 0.365 e. The van der Waals surface area contributed by atoms with Crippen LogP contribution in [-0.2, 0) is 31.1 Å². The highest BCUT2D eigenvalue weighted by molar-refractivity contribution is 7.17. The Morgan fingerprint density at radius 1 is 1.38 bits per heavy atom. The lowest BCUT2D eigenvalue weighted by Crippen LogP contribution is -2.27. The number of nitrogens with zero attached hydrogens (tertiary/aromatic N) is 4. The molecule has 140 valence electrons. The number of hydrogen-bond acceptors (Lipinski definition) is 6. The fourth-order valence-corrected chi connectivity index (χ4v) is 4.73. The van der Waals surface area contributed by atoms with E-state index in [1.807, 2.05) is 0 Å². The average Bonchev–Trinajstić information content (AvgIpc) is 3.08. The maximum Gasteiger partial charge on any atom is 0.251 e. The van der Waals surface area contributed by atoms with E-state index in [1.54, 1.807) is 7.05 Å². The van der Waals surface area contributed by atoms with Gasteiger partial charge in [0.25, 0.3) is 5.91 Å². The minimum absolute atomic E-state index is 0.0366. The number of carbonyl (C=O) groups is 2. The fourth-order valence-electron chi connectivity index (χ4n) is 3.39. The Labute approximate surface area is 156 Å². The molecule has 0 spiro atoms. The molecule has 9 heteroatoms. The Kier molecular flexibility index (Phi) is 4.83.